The molecular formula is C58H39N. The second-order valence-electron chi connectivity index (χ2n) is 17.1. The number of rotatable bonds is 3. The third-order valence-corrected chi connectivity index (χ3v) is 14.0. The highest BCUT2D eigenvalue weighted by Crippen LogP contribution is 2.66. The van der Waals surface area contributed by atoms with Gasteiger partial charge in [-0.25, -0.2) is 0 Å². The topological polar surface area (TPSA) is 3.24 Å². The third-order valence-electron chi connectivity index (χ3n) is 14.0. The standard InChI is InChI=1S/C58H39N/c1-57(2)48-26-11-10-24-46(48)55-52(57)30-16-31-53(55)59(36-33-34-41-39-19-4-3-17-37(39)38-18-5-6-20-40(38)47(41)35-36)54-32-15-25-45-44-23-9-14-29-51(44)58(56(45)54)49-27-12-7-21-42(49)43-22-8-13-28-50(43)58/h3-35H,1-2H3. The minimum Gasteiger partial charge on any atom is -0.309 e. The van der Waals surface area contributed by atoms with Gasteiger partial charge in [0.2, 0.25) is 0 Å². The van der Waals surface area contributed by atoms with E-state index >= 15 is 0 Å². The van der Waals surface area contributed by atoms with Gasteiger partial charge >= 0.3 is 0 Å². The molecule has 0 unspecified atom stereocenters. The van der Waals surface area contributed by atoms with E-state index in [0.717, 1.165) is 5.69 Å². The van der Waals surface area contributed by atoms with Crippen molar-refractivity contribution in [1.82, 2.24) is 0 Å². The molecular weight excluding hydrogens is 711 g/mol. The Bertz CT molecular complexity index is 3340. The molecule has 0 amide bonds. The summed E-state index contributed by atoms with van der Waals surface area (Å²) in [7, 11) is 0. The van der Waals surface area contributed by atoms with Gasteiger partial charge in [-0.1, -0.05) is 190 Å². The maximum Gasteiger partial charge on any atom is 0.0746 e. The smallest absolute Gasteiger partial charge is 0.0746 e. The molecule has 3 aliphatic carbocycles. The van der Waals surface area contributed by atoms with Crippen LogP contribution in [0.4, 0.5) is 17.1 Å². The summed E-state index contributed by atoms with van der Waals surface area (Å²) in [6.45, 7) is 4.77. The fourth-order valence-corrected chi connectivity index (χ4v) is 11.7. The van der Waals surface area contributed by atoms with Gasteiger partial charge in [0.1, 0.15) is 0 Å². The highest BCUT2D eigenvalue weighted by Gasteiger charge is 2.53. The minimum atomic E-state index is -0.511. The number of fused-ring (bicyclic) bond motifs is 19. The van der Waals surface area contributed by atoms with E-state index in [-0.39, 0.29) is 5.41 Å². The first-order valence-electron chi connectivity index (χ1n) is 20.9. The van der Waals surface area contributed by atoms with E-state index in [0.29, 0.717) is 0 Å². The molecule has 0 saturated heterocycles. The van der Waals surface area contributed by atoms with Crippen molar-refractivity contribution >= 4 is 49.4 Å². The van der Waals surface area contributed by atoms with Gasteiger partial charge in [-0.05, 0) is 112 Å². The molecule has 0 saturated carbocycles. The Morgan fingerprint density at radius 3 is 1.36 bits per heavy atom. The molecule has 0 aliphatic heterocycles. The molecule has 10 aromatic carbocycles. The lowest BCUT2D eigenvalue weighted by Gasteiger charge is -2.36. The van der Waals surface area contributed by atoms with Crippen molar-refractivity contribution in [2.45, 2.75) is 24.7 Å². The average molecular weight is 750 g/mol. The molecule has 0 atom stereocenters. The molecule has 10 aromatic rings. The second-order valence-corrected chi connectivity index (χ2v) is 17.1. The van der Waals surface area contributed by atoms with E-state index < -0.39 is 5.41 Å². The Morgan fingerprint density at radius 1 is 0.322 bits per heavy atom. The number of hydrogen-bond donors (Lipinski definition) is 0. The normalized spacial score (nSPS) is 14.5. The largest absolute Gasteiger partial charge is 0.309 e. The predicted molar refractivity (Wildman–Crippen MR) is 248 cm³/mol. The van der Waals surface area contributed by atoms with Gasteiger partial charge in [0.05, 0.1) is 16.8 Å². The zero-order valence-electron chi connectivity index (χ0n) is 33.0. The maximum atomic E-state index is 2.62. The summed E-state index contributed by atoms with van der Waals surface area (Å²) in [5, 5.41) is 7.66. The van der Waals surface area contributed by atoms with Crippen LogP contribution in [0.1, 0.15) is 47.2 Å². The lowest BCUT2D eigenvalue weighted by molar-refractivity contribution is 0.660. The molecule has 0 heterocycles. The molecule has 1 spiro atoms. The summed E-state index contributed by atoms with van der Waals surface area (Å²) >= 11 is 0. The fraction of sp³-hybridized carbons (Fsp3) is 0.0690. The molecule has 0 fully saturated rings. The summed E-state index contributed by atoms with van der Waals surface area (Å²) in [4.78, 5) is 2.62. The van der Waals surface area contributed by atoms with Crippen LogP contribution in [0.2, 0.25) is 0 Å². The van der Waals surface area contributed by atoms with Crippen LogP contribution in [0.25, 0.3) is 65.7 Å². The van der Waals surface area contributed by atoms with Crippen LogP contribution >= 0.6 is 0 Å². The van der Waals surface area contributed by atoms with Crippen molar-refractivity contribution in [2.24, 2.45) is 0 Å². The van der Waals surface area contributed by atoms with E-state index in [4.69, 9.17) is 0 Å². The van der Waals surface area contributed by atoms with Crippen LogP contribution in [0.15, 0.2) is 200 Å². The lowest BCUT2D eigenvalue weighted by atomic mass is 9.70. The quantitative estimate of drug-likeness (QED) is 0.163. The van der Waals surface area contributed by atoms with Crippen molar-refractivity contribution in [3.05, 3.63) is 234 Å². The van der Waals surface area contributed by atoms with Crippen LogP contribution in [-0.4, -0.2) is 0 Å². The predicted octanol–water partition coefficient (Wildman–Crippen LogP) is 15.3. The first-order valence-corrected chi connectivity index (χ1v) is 20.9. The zero-order chi connectivity index (χ0) is 39.0. The zero-order valence-corrected chi connectivity index (χ0v) is 33.0. The number of benzene rings is 10. The monoisotopic (exact) mass is 749 g/mol. The van der Waals surface area contributed by atoms with Gasteiger partial charge in [0, 0.05) is 22.2 Å². The summed E-state index contributed by atoms with van der Waals surface area (Å²) in [5.74, 6) is 0. The van der Waals surface area contributed by atoms with Crippen LogP contribution in [0.3, 0.4) is 0 Å². The molecule has 13 rings (SSSR count). The summed E-state index contributed by atoms with van der Waals surface area (Å²) in [6, 6.07) is 75.6. The van der Waals surface area contributed by atoms with Gasteiger partial charge in [0.25, 0.3) is 0 Å². The summed E-state index contributed by atoms with van der Waals surface area (Å²) in [6.07, 6.45) is 0. The van der Waals surface area contributed by atoms with Crippen LogP contribution in [0, 0.1) is 0 Å². The highest BCUT2D eigenvalue weighted by atomic mass is 15.2. The SMILES string of the molecule is CC1(C)c2ccccc2-c2c(N(c3ccc4c5ccccc5c5ccccc5c4c3)c3cccc4c3C3(c5ccccc5-c5ccccc53)c3ccccc3-4)cccc21. The van der Waals surface area contributed by atoms with Crippen molar-refractivity contribution in [2.75, 3.05) is 4.90 Å². The van der Waals surface area contributed by atoms with Crippen LogP contribution in [-0.2, 0) is 10.8 Å². The molecule has 0 radical (unpaired) electrons. The Kier molecular flexibility index (Phi) is 6.50. The second kappa shape index (κ2) is 11.7. The average Bonchev–Trinajstić information content (AvgIpc) is 3.86. The van der Waals surface area contributed by atoms with Gasteiger partial charge in [0.15, 0.2) is 0 Å². The van der Waals surface area contributed by atoms with E-state index in [1.807, 2.05) is 0 Å². The van der Waals surface area contributed by atoms with Crippen LogP contribution in [0.5, 0.6) is 0 Å². The third kappa shape index (κ3) is 4.09. The molecule has 3 aliphatic rings. The number of anilines is 3. The Morgan fingerprint density at radius 2 is 0.746 bits per heavy atom. The maximum absolute atomic E-state index is 2.62. The van der Waals surface area contributed by atoms with Crippen molar-refractivity contribution in [3.63, 3.8) is 0 Å². The molecule has 0 aromatic heterocycles. The number of nitrogens with zero attached hydrogens (tertiary/aromatic N) is 1. The van der Waals surface area contributed by atoms with E-state index in [2.05, 4.69) is 219 Å². The Balaban J connectivity index is 1.19. The van der Waals surface area contributed by atoms with Crippen molar-refractivity contribution < 1.29 is 0 Å². The van der Waals surface area contributed by atoms with Gasteiger partial charge in [-0.3, -0.25) is 0 Å². The van der Waals surface area contributed by atoms with E-state index in [1.54, 1.807) is 0 Å². The van der Waals surface area contributed by atoms with Gasteiger partial charge in [-0.15, -0.1) is 0 Å². The summed E-state index contributed by atoms with van der Waals surface area (Å²) in [5.41, 5.74) is 18.8. The molecule has 59 heavy (non-hydrogen) atoms. The molecule has 276 valence electrons. The van der Waals surface area contributed by atoms with Crippen molar-refractivity contribution in [3.8, 4) is 33.4 Å². The Hall–Kier alpha value is -7.22. The molecule has 1 nitrogen and oxygen atoms in total. The first kappa shape index (κ1) is 32.8. The molecule has 1 heteroatoms. The van der Waals surface area contributed by atoms with Crippen molar-refractivity contribution in [1.29, 1.82) is 0 Å². The summed E-state index contributed by atoms with van der Waals surface area (Å²) < 4.78 is 0. The number of hydrogen-bond acceptors (Lipinski definition) is 1. The first-order chi connectivity index (χ1) is 29.1. The fourth-order valence-electron chi connectivity index (χ4n) is 11.7. The highest BCUT2D eigenvalue weighted by molar-refractivity contribution is 6.26. The minimum absolute atomic E-state index is 0.147. The van der Waals surface area contributed by atoms with Crippen LogP contribution < -0.4 is 4.90 Å². The molecule has 0 bridgehead atoms. The van der Waals surface area contributed by atoms with E-state index in [1.165, 1.54) is 110 Å². The van der Waals surface area contributed by atoms with E-state index in [9.17, 15) is 0 Å². The lowest BCUT2D eigenvalue weighted by Crippen LogP contribution is -2.28. The Labute approximate surface area is 344 Å². The van der Waals surface area contributed by atoms with Gasteiger partial charge in [-0.2, -0.15) is 0 Å². The molecule has 0 N–H and O–H groups in total. The van der Waals surface area contributed by atoms with Gasteiger partial charge < -0.3 is 4.90 Å².